The van der Waals surface area contributed by atoms with Crippen LogP contribution in [0.1, 0.15) is 0 Å². The van der Waals surface area contributed by atoms with Gasteiger partial charge in [0.2, 0.25) is 5.95 Å². The Hall–Kier alpha value is -2.50. The second kappa shape index (κ2) is 7.59. The minimum atomic E-state index is 0.487. The van der Waals surface area contributed by atoms with Gasteiger partial charge in [0.15, 0.2) is 0 Å². The van der Waals surface area contributed by atoms with E-state index in [4.69, 9.17) is 23.2 Å². The molecule has 0 aliphatic carbocycles. The molecular formula is C18H17Cl2N5. The third kappa shape index (κ3) is 4.53. The van der Waals surface area contributed by atoms with Crippen LogP contribution in [-0.4, -0.2) is 24.1 Å². The van der Waals surface area contributed by atoms with Crippen molar-refractivity contribution in [2.45, 2.75) is 0 Å². The Morgan fingerprint density at radius 2 is 1.68 bits per heavy atom. The van der Waals surface area contributed by atoms with Gasteiger partial charge in [0, 0.05) is 36.7 Å². The number of halogens is 2. The normalized spacial score (nSPS) is 10.4. The van der Waals surface area contributed by atoms with Gasteiger partial charge in [0.05, 0.1) is 10.7 Å². The largest absolute Gasteiger partial charge is 0.378 e. The zero-order valence-electron chi connectivity index (χ0n) is 13.8. The van der Waals surface area contributed by atoms with E-state index >= 15 is 0 Å². The number of hydrogen-bond acceptors (Lipinski definition) is 5. The standard InChI is InChI=1S/C18H17Cl2N5/c1-25(2)14-6-4-13(5-7-14)22-18-21-10-9-17(24-18)23-16-11-12(19)3-8-15(16)20/h3-11H,1-2H3,(H2,21,22,23,24). The smallest absolute Gasteiger partial charge is 0.229 e. The lowest BCUT2D eigenvalue weighted by atomic mass is 10.2. The van der Waals surface area contributed by atoms with Crippen LogP contribution in [0.5, 0.6) is 0 Å². The van der Waals surface area contributed by atoms with Crippen molar-refractivity contribution in [3.05, 3.63) is 64.8 Å². The summed E-state index contributed by atoms with van der Waals surface area (Å²) in [6.45, 7) is 0. The maximum absolute atomic E-state index is 6.17. The van der Waals surface area contributed by atoms with Crippen molar-refractivity contribution in [1.82, 2.24) is 9.97 Å². The van der Waals surface area contributed by atoms with E-state index in [-0.39, 0.29) is 0 Å². The van der Waals surface area contributed by atoms with E-state index in [0.29, 0.717) is 27.5 Å². The highest BCUT2D eigenvalue weighted by molar-refractivity contribution is 6.35. The van der Waals surface area contributed by atoms with Gasteiger partial charge in [-0.05, 0) is 48.5 Å². The van der Waals surface area contributed by atoms with Crippen molar-refractivity contribution in [1.29, 1.82) is 0 Å². The van der Waals surface area contributed by atoms with E-state index in [9.17, 15) is 0 Å². The second-order valence-corrected chi connectivity index (χ2v) is 6.42. The highest BCUT2D eigenvalue weighted by Crippen LogP contribution is 2.28. The van der Waals surface area contributed by atoms with Crippen LogP contribution in [0, 0.1) is 0 Å². The van der Waals surface area contributed by atoms with Gasteiger partial charge in [-0.3, -0.25) is 0 Å². The molecule has 128 valence electrons. The van der Waals surface area contributed by atoms with Gasteiger partial charge in [0.1, 0.15) is 5.82 Å². The molecule has 1 aromatic heterocycles. The molecule has 25 heavy (non-hydrogen) atoms. The average Bonchev–Trinajstić information content (AvgIpc) is 2.59. The van der Waals surface area contributed by atoms with Gasteiger partial charge in [-0.15, -0.1) is 0 Å². The van der Waals surface area contributed by atoms with E-state index in [0.717, 1.165) is 11.4 Å². The summed E-state index contributed by atoms with van der Waals surface area (Å²) < 4.78 is 0. The first kappa shape index (κ1) is 17.3. The molecule has 0 saturated heterocycles. The Bertz CT molecular complexity index is 866. The Labute approximate surface area is 156 Å². The van der Waals surface area contributed by atoms with Crippen molar-refractivity contribution < 1.29 is 0 Å². The van der Waals surface area contributed by atoms with Gasteiger partial charge >= 0.3 is 0 Å². The van der Waals surface area contributed by atoms with E-state index in [2.05, 4.69) is 20.6 Å². The number of nitrogens with zero attached hydrogens (tertiary/aromatic N) is 3. The van der Waals surface area contributed by atoms with Crippen molar-refractivity contribution in [3.63, 3.8) is 0 Å². The number of benzene rings is 2. The quantitative estimate of drug-likeness (QED) is 0.632. The minimum absolute atomic E-state index is 0.487. The Morgan fingerprint density at radius 3 is 2.40 bits per heavy atom. The lowest BCUT2D eigenvalue weighted by Gasteiger charge is -2.13. The SMILES string of the molecule is CN(C)c1ccc(Nc2nccc(Nc3cc(Cl)ccc3Cl)n2)cc1. The number of aromatic nitrogens is 2. The van der Waals surface area contributed by atoms with Crippen molar-refractivity contribution in [2.75, 3.05) is 29.6 Å². The Balaban J connectivity index is 1.76. The fourth-order valence-electron chi connectivity index (χ4n) is 2.19. The lowest BCUT2D eigenvalue weighted by molar-refractivity contribution is 1.13. The highest BCUT2D eigenvalue weighted by Gasteiger charge is 2.05. The van der Waals surface area contributed by atoms with Crippen LogP contribution in [0.3, 0.4) is 0 Å². The molecule has 0 aliphatic heterocycles. The summed E-state index contributed by atoms with van der Waals surface area (Å²) in [5, 5.41) is 7.50. The topological polar surface area (TPSA) is 53.1 Å². The first-order valence-corrected chi connectivity index (χ1v) is 8.36. The predicted octanol–water partition coefficient (Wildman–Crippen LogP) is 5.34. The summed E-state index contributed by atoms with van der Waals surface area (Å²) in [4.78, 5) is 10.7. The van der Waals surface area contributed by atoms with Gasteiger partial charge in [-0.2, -0.15) is 4.98 Å². The monoisotopic (exact) mass is 373 g/mol. The maximum Gasteiger partial charge on any atom is 0.229 e. The summed E-state index contributed by atoms with van der Waals surface area (Å²) in [7, 11) is 4.00. The van der Waals surface area contributed by atoms with Crippen LogP contribution in [0.4, 0.5) is 28.8 Å². The van der Waals surface area contributed by atoms with Crippen molar-refractivity contribution >= 4 is 52.0 Å². The molecule has 0 fully saturated rings. The molecular weight excluding hydrogens is 357 g/mol. The number of rotatable bonds is 5. The molecule has 0 saturated carbocycles. The molecule has 3 rings (SSSR count). The lowest BCUT2D eigenvalue weighted by Crippen LogP contribution is -2.08. The molecule has 0 aliphatic rings. The van der Waals surface area contributed by atoms with Crippen LogP contribution in [0.25, 0.3) is 0 Å². The van der Waals surface area contributed by atoms with Gasteiger partial charge in [0.25, 0.3) is 0 Å². The molecule has 5 nitrogen and oxygen atoms in total. The van der Waals surface area contributed by atoms with Gasteiger partial charge in [-0.25, -0.2) is 4.98 Å². The third-order valence-corrected chi connectivity index (χ3v) is 4.05. The number of anilines is 5. The minimum Gasteiger partial charge on any atom is -0.378 e. The average molecular weight is 374 g/mol. The van der Waals surface area contributed by atoms with E-state index < -0.39 is 0 Å². The molecule has 7 heteroatoms. The summed E-state index contributed by atoms with van der Waals surface area (Å²) in [6, 6.07) is 15.0. The zero-order chi connectivity index (χ0) is 17.8. The molecule has 1 heterocycles. The molecule has 0 spiro atoms. The molecule has 0 unspecified atom stereocenters. The van der Waals surface area contributed by atoms with Crippen molar-refractivity contribution in [3.8, 4) is 0 Å². The molecule has 0 atom stereocenters. The first-order chi connectivity index (χ1) is 12.0. The molecule has 0 radical (unpaired) electrons. The number of hydrogen-bond donors (Lipinski definition) is 2. The third-order valence-electron chi connectivity index (χ3n) is 3.49. The van der Waals surface area contributed by atoms with Crippen molar-refractivity contribution in [2.24, 2.45) is 0 Å². The second-order valence-electron chi connectivity index (χ2n) is 5.58. The summed E-state index contributed by atoms with van der Waals surface area (Å²) >= 11 is 12.2. The molecule has 2 N–H and O–H groups in total. The Morgan fingerprint density at radius 1 is 0.920 bits per heavy atom. The predicted molar refractivity (Wildman–Crippen MR) is 106 cm³/mol. The molecule has 0 amide bonds. The highest BCUT2D eigenvalue weighted by atomic mass is 35.5. The maximum atomic E-state index is 6.17. The van der Waals surface area contributed by atoms with Crippen LogP contribution in [-0.2, 0) is 0 Å². The number of nitrogens with one attached hydrogen (secondary N) is 2. The fourth-order valence-corrected chi connectivity index (χ4v) is 2.53. The molecule has 3 aromatic rings. The van der Waals surface area contributed by atoms with Gasteiger partial charge < -0.3 is 15.5 Å². The fraction of sp³-hybridized carbons (Fsp3) is 0.111. The zero-order valence-corrected chi connectivity index (χ0v) is 15.3. The molecule has 0 bridgehead atoms. The molecule has 2 aromatic carbocycles. The van der Waals surface area contributed by atoms with E-state index in [1.54, 1.807) is 30.5 Å². The van der Waals surface area contributed by atoms with Crippen LogP contribution in [0.15, 0.2) is 54.7 Å². The van der Waals surface area contributed by atoms with E-state index in [1.165, 1.54) is 0 Å². The summed E-state index contributed by atoms with van der Waals surface area (Å²) in [5.41, 5.74) is 2.72. The van der Waals surface area contributed by atoms with Gasteiger partial charge in [-0.1, -0.05) is 23.2 Å². The summed E-state index contributed by atoms with van der Waals surface area (Å²) in [5.74, 6) is 1.10. The Kier molecular flexibility index (Phi) is 5.26. The summed E-state index contributed by atoms with van der Waals surface area (Å²) in [6.07, 6.45) is 1.67. The van der Waals surface area contributed by atoms with Crippen LogP contribution >= 0.6 is 23.2 Å². The van der Waals surface area contributed by atoms with Crippen LogP contribution < -0.4 is 15.5 Å². The first-order valence-electron chi connectivity index (χ1n) is 7.61. The van der Waals surface area contributed by atoms with E-state index in [1.807, 2.05) is 43.3 Å². The van der Waals surface area contributed by atoms with Crippen LogP contribution in [0.2, 0.25) is 10.0 Å².